The van der Waals surface area contributed by atoms with Crippen molar-refractivity contribution in [2.24, 2.45) is 5.41 Å². The van der Waals surface area contributed by atoms with E-state index in [4.69, 9.17) is 0 Å². The lowest BCUT2D eigenvalue weighted by atomic mass is 9.82. The molecule has 0 spiro atoms. The molecule has 0 bridgehead atoms. The van der Waals surface area contributed by atoms with Crippen molar-refractivity contribution in [3.8, 4) is 0 Å². The quantitative estimate of drug-likeness (QED) is 0.845. The van der Waals surface area contributed by atoms with Crippen LogP contribution in [0.1, 0.15) is 38.8 Å². The number of hydrogen-bond donors (Lipinski definition) is 1. The zero-order valence-corrected chi connectivity index (χ0v) is 16.0. The average Bonchev–Trinajstić information content (AvgIpc) is 2.78. The lowest BCUT2D eigenvalue weighted by Crippen LogP contribution is -2.34. The number of rotatable bonds is 6. The highest BCUT2D eigenvalue weighted by atomic mass is 19.1. The molecule has 0 saturated carbocycles. The topological polar surface area (TPSA) is 60.9 Å². The SMILES string of the molecule is CN(C)CCCN1C(=O)C(O)=C(C(=O)C(C)(C)C)C1c1ccc(F)cc1. The predicted octanol–water partition coefficient (Wildman–Crippen LogP) is 3.09. The van der Waals surface area contributed by atoms with Gasteiger partial charge in [-0.05, 0) is 44.8 Å². The zero-order valence-electron chi connectivity index (χ0n) is 16.0. The number of aliphatic hydroxyl groups is 1. The molecule has 26 heavy (non-hydrogen) atoms. The number of Topliss-reactive ketones (excluding diaryl/α,β-unsaturated/α-hetero) is 1. The first-order valence-corrected chi connectivity index (χ1v) is 8.73. The molecule has 1 aromatic rings. The first-order valence-electron chi connectivity index (χ1n) is 8.73. The Bertz CT molecular complexity index is 718. The molecule has 1 atom stereocenters. The number of aliphatic hydroxyl groups excluding tert-OH is 1. The summed E-state index contributed by atoms with van der Waals surface area (Å²) in [6.45, 7) is 6.40. The molecule has 1 N–H and O–H groups in total. The van der Waals surface area contributed by atoms with Crippen LogP contribution < -0.4 is 0 Å². The van der Waals surface area contributed by atoms with E-state index in [9.17, 15) is 19.1 Å². The third-order valence-corrected chi connectivity index (χ3v) is 4.42. The van der Waals surface area contributed by atoms with E-state index in [0.717, 1.165) is 6.54 Å². The van der Waals surface area contributed by atoms with Crippen LogP contribution in [0.25, 0.3) is 0 Å². The van der Waals surface area contributed by atoms with Crippen LogP contribution in [-0.4, -0.2) is 53.8 Å². The van der Waals surface area contributed by atoms with Gasteiger partial charge in [0.05, 0.1) is 11.6 Å². The molecule has 2 rings (SSSR count). The van der Waals surface area contributed by atoms with E-state index in [2.05, 4.69) is 0 Å². The lowest BCUT2D eigenvalue weighted by molar-refractivity contribution is -0.129. The maximum Gasteiger partial charge on any atom is 0.290 e. The van der Waals surface area contributed by atoms with Crippen molar-refractivity contribution in [2.45, 2.75) is 33.2 Å². The number of carbonyl (C=O) groups is 2. The summed E-state index contributed by atoms with van der Waals surface area (Å²) in [5.41, 5.74) is -0.0400. The number of ketones is 1. The molecule has 1 aromatic carbocycles. The summed E-state index contributed by atoms with van der Waals surface area (Å²) >= 11 is 0. The summed E-state index contributed by atoms with van der Waals surface area (Å²) in [6, 6.07) is 5.01. The summed E-state index contributed by atoms with van der Waals surface area (Å²) in [4.78, 5) is 29.1. The first kappa shape index (κ1) is 20.1. The standard InChI is InChI=1S/C20H27FN2O3/c1-20(2,3)18(25)15-16(13-7-9-14(21)10-8-13)23(19(26)17(15)24)12-6-11-22(4)5/h7-10,16,24H,6,11-12H2,1-5H3. The largest absolute Gasteiger partial charge is 0.503 e. The van der Waals surface area contributed by atoms with Crippen molar-refractivity contribution in [2.75, 3.05) is 27.2 Å². The Hall–Kier alpha value is -2.21. The molecule has 1 aliphatic heterocycles. The monoisotopic (exact) mass is 362 g/mol. The van der Waals surface area contributed by atoms with Crippen LogP contribution in [0.4, 0.5) is 4.39 Å². The molecule has 1 unspecified atom stereocenters. The van der Waals surface area contributed by atoms with Crippen molar-refractivity contribution < 1.29 is 19.1 Å². The van der Waals surface area contributed by atoms with Crippen molar-refractivity contribution >= 4 is 11.7 Å². The summed E-state index contributed by atoms with van der Waals surface area (Å²) in [5, 5.41) is 10.4. The molecule has 5 nitrogen and oxygen atoms in total. The molecular formula is C20H27FN2O3. The number of nitrogens with zero attached hydrogens (tertiary/aromatic N) is 2. The van der Waals surface area contributed by atoms with Gasteiger partial charge in [-0.3, -0.25) is 9.59 Å². The molecule has 1 heterocycles. The lowest BCUT2D eigenvalue weighted by Gasteiger charge is -2.29. The second-order valence-electron chi connectivity index (χ2n) is 7.95. The third kappa shape index (κ3) is 4.12. The normalized spacial score (nSPS) is 18.2. The highest BCUT2D eigenvalue weighted by Crippen LogP contribution is 2.40. The number of amides is 1. The van der Waals surface area contributed by atoms with Crippen LogP contribution in [0, 0.1) is 11.2 Å². The highest BCUT2D eigenvalue weighted by Gasteiger charge is 2.45. The van der Waals surface area contributed by atoms with Gasteiger partial charge in [0.1, 0.15) is 5.82 Å². The fourth-order valence-electron chi connectivity index (χ4n) is 3.07. The van der Waals surface area contributed by atoms with Gasteiger partial charge >= 0.3 is 0 Å². The molecule has 6 heteroatoms. The van der Waals surface area contributed by atoms with Crippen LogP contribution in [0.2, 0.25) is 0 Å². The van der Waals surface area contributed by atoms with E-state index >= 15 is 0 Å². The third-order valence-electron chi connectivity index (χ3n) is 4.42. The van der Waals surface area contributed by atoms with Gasteiger partial charge in [-0.15, -0.1) is 0 Å². The second kappa shape index (κ2) is 7.58. The molecular weight excluding hydrogens is 335 g/mol. The summed E-state index contributed by atoms with van der Waals surface area (Å²) in [5.74, 6) is -1.73. The molecule has 0 radical (unpaired) electrons. The van der Waals surface area contributed by atoms with Crippen LogP contribution in [-0.2, 0) is 9.59 Å². The van der Waals surface area contributed by atoms with Crippen molar-refractivity contribution in [3.63, 3.8) is 0 Å². The van der Waals surface area contributed by atoms with Gasteiger partial charge in [0.25, 0.3) is 5.91 Å². The van der Waals surface area contributed by atoms with Crippen molar-refractivity contribution in [1.29, 1.82) is 0 Å². The predicted molar refractivity (Wildman–Crippen MR) is 98.1 cm³/mol. The van der Waals surface area contributed by atoms with Crippen LogP contribution in [0.5, 0.6) is 0 Å². The molecule has 0 aromatic heterocycles. The van der Waals surface area contributed by atoms with Gasteiger partial charge in [0.2, 0.25) is 0 Å². The minimum Gasteiger partial charge on any atom is -0.503 e. The van der Waals surface area contributed by atoms with Crippen LogP contribution in [0.15, 0.2) is 35.6 Å². The maximum atomic E-state index is 13.3. The average molecular weight is 362 g/mol. The summed E-state index contributed by atoms with van der Waals surface area (Å²) in [6.07, 6.45) is 0.695. The Morgan fingerprint density at radius 2 is 1.81 bits per heavy atom. The fourth-order valence-corrected chi connectivity index (χ4v) is 3.07. The maximum absolute atomic E-state index is 13.3. The Morgan fingerprint density at radius 3 is 2.31 bits per heavy atom. The molecule has 0 aliphatic carbocycles. The van der Waals surface area contributed by atoms with E-state index in [1.165, 1.54) is 17.0 Å². The summed E-state index contributed by atoms with van der Waals surface area (Å²) < 4.78 is 13.3. The summed E-state index contributed by atoms with van der Waals surface area (Å²) in [7, 11) is 3.88. The zero-order chi connectivity index (χ0) is 19.6. The van der Waals surface area contributed by atoms with E-state index in [0.29, 0.717) is 18.5 Å². The fraction of sp³-hybridized carbons (Fsp3) is 0.500. The molecule has 0 fully saturated rings. The number of hydrogen-bond acceptors (Lipinski definition) is 4. The van der Waals surface area contributed by atoms with Gasteiger partial charge in [-0.2, -0.15) is 0 Å². The number of benzene rings is 1. The van der Waals surface area contributed by atoms with Crippen LogP contribution in [0.3, 0.4) is 0 Å². The minimum absolute atomic E-state index is 0.0963. The minimum atomic E-state index is -0.748. The Morgan fingerprint density at radius 1 is 1.23 bits per heavy atom. The van der Waals surface area contributed by atoms with Gasteiger partial charge in [-0.25, -0.2) is 4.39 Å². The number of carbonyl (C=O) groups excluding carboxylic acids is 2. The first-order chi connectivity index (χ1) is 12.0. The molecule has 1 aliphatic rings. The second-order valence-corrected chi connectivity index (χ2v) is 7.95. The Balaban J connectivity index is 2.45. The van der Waals surface area contributed by atoms with Gasteiger partial charge in [-0.1, -0.05) is 32.9 Å². The van der Waals surface area contributed by atoms with Gasteiger partial charge in [0, 0.05) is 12.0 Å². The van der Waals surface area contributed by atoms with E-state index in [1.54, 1.807) is 32.9 Å². The Labute approximate surface area is 154 Å². The van der Waals surface area contributed by atoms with Crippen molar-refractivity contribution in [3.05, 3.63) is 47.0 Å². The van der Waals surface area contributed by atoms with Gasteiger partial charge < -0.3 is 14.9 Å². The van der Waals surface area contributed by atoms with E-state index < -0.39 is 28.9 Å². The molecule has 1 amide bonds. The smallest absolute Gasteiger partial charge is 0.290 e. The van der Waals surface area contributed by atoms with E-state index in [-0.39, 0.29) is 11.4 Å². The van der Waals surface area contributed by atoms with Crippen LogP contribution >= 0.6 is 0 Å². The van der Waals surface area contributed by atoms with Gasteiger partial charge in [0.15, 0.2) is 11.5 Å². The molecule has 0 saturated heterocycles. The van der Waals surface area contributed by atoms with Crippen molar-refractivity contribution in [1.82, 2.24) is 9.80 Å². The van der Waals surface area contributed by atoms with E-state index in [1.807, 2.05) is 19.0 Å². The molecule has 142 valence electrons. The highest BCUT2D eigenvalue weighted by molar-refractivity contribution is 6.10. The Kier molecular flexibility index (Phi) is 5.86. The number of halogens is 1.